The topological polar surface area (TPSA) is 48.5 Å². The van der Waals surface area contributed by atoms with Gasteiger partial charge in [0, 0.05) is 29.6 Å². The zero-order valence-corrected chi connectivity index (χ0v) is 12.6. The summed E-state index contributed by atoms with van der Waals surface area (Å²) in [5.41, 5.74) is 3.56. The molecule has 0 atom stereocenters. The summed E-state index contributed by atoms with van der Waals surface area (Å²) < 4.78 is 0. The van der Waals surface area contributed by atoms with Crippen LogP contribution in [0.1, 0.15) is 49.1 Å². The van der Waals surface area contributed by atoms with Gasteiger partial charge in [0.15, 0.2) is 0 Å². The van der Waals surface area contributed by atoms with E-state index in [1.165, 1.54) is 40.7 Å². The fraction of sp³-hybridized carbons (Fsp3) is 0.500. The number of anilines is 1. The summed E-state index contributed by atoms with van der Waals surface area (Å²) >= 11 is 0. The predicted molar refractivity (Wildman–Crippen MR) is 86.1 cm³/mol. The van der Waals surface area contributed by atoms with Gasteiger partial charge in [0.05, 0.1) is 5.52 Å². The lowest BCUT2D eigenvalue weighted by atomic mass is 9.71. The van der Waals surface area contributed by atoms with E-state index in [0.29, 0.717) is 5.92 Å². The number of aromatic amines is 1. The molecule has 2 fully saturated rings. The van der Waals surface area contributed by atoms with Gasteiger partial charge in [-0.05, 0) is 38.0 Å². The Morgan fingerprint density at radius 3 is 2.77 bits per heavy atom. The van der Waals surface area contributed by atoms with Crippen molar-refractivity contribution in [2.24, 2.45) is 4.99 Å². The number of benzene rings is 1. The molecular formula is C18H19N3O. The SMILES string of the molecule is O=C=NC1(c2cccc3c4c([nH]c23)N2CCC4CC2)CCC1. The maximum absolute atomic E-state index is 10.9. The second-order valence-corrected chi connectivity index (χ2v) is 6.96. The van der Waals surface area contributed by atoms with Crippen molar-refractivity contribution in [3.8, 4) is 0 Å². The molecule has 4 heterocycles. The summed E-state index contributed by atoms with van der Waals surface area (Å²) in [4.78, 5) is 21.3. The molecular weight excluding hydrogens is 274 g/mol. The molecule has 4 nitrogen and oxygen atoms in total. The quantitative estimate of drug-likeness (QED) is 0.679. The van der Waals surface area contributed by atoms with Crippen LogP contribution >= 0.6 is 0 Å². The molecule has 1 aliphatic carbocycles. The second-order valence-electron chi connectivity index (χ2n) is 6.96. The van der Waals surface area contributed by atoms with E-state index in [9.17, 15) is 4.79 Å². The van der Waals surface area contributed by atoms with Crippen molar-refractivity contribution >= 4 is 22.8 Å². The summed E-state index contributed by atoms with van der Waals surface area (Å²) in [6, 6.07) is 6.50. The van der Waals surface area contributed by atoms with Gasteiger partial charge in [-0.2, -0.15) is 4.99 Å². The minimum absolute atomic E-state index is 0.330. The van der Waals surface area contributed by atoms with Gasteiger partial charge in [0.2, 0.25) is 6.08 Å². The number of carbonyl (C=O) groups excluding carboxylic acids is 1. The van der Waals surface area contributed by atoms with Gasteiger partial charge in [0.25, 0.3) is 0 Å². The summed E-state index contributed by atoms with van der Waals surface area (Å²) in [5, 5.41) is 1.34. The van der Waals surface area contributed by atoms with Crippen LogP contribution in [0.25, 0.3) is 10.9 Å². The van der Waals surface area contributed by atoms with Crippen LogP contribution in [-0.4, -0.2) is 24.2 Å². The molecule has 2 bridgehead atoms. The van der Waals surface area contributed by atoms with Crippen molar-refractivity contribution < 1.29 is 4.79 Å². The zero-order valence-electron chi connectivity index (χ0n) is 12.6. The maximum atomic E-state index is 10.9. The third kappa shape index (κ3) is 1.43. The number of nitrogens with zero attached hydrogens (tertiary/aromatic N) is 2. The van der Waals surface area contributed by atoms with Crippen molar-refractivity contribution in [3.05, 3.63) is 29.3 Å². The first-order valence-electron chi connectivity index (χ1n) is 8.31. The number of hydrogen-bond acceptors (Lipinski definition) is 3. The van der Waals surface area contributed by atoms with E-state index in [2.05, 4.69) is 33.1 Å². The van der Waals surface area contributed by atoms with Gasteiger partial charge in [-0.15, -0.1) is 0 Å². The van der Waals surface area contributed by atoms with E-state index >= 15 is 0 Å². The summed E-state index contributed by atoms with van der Waals surface area (Å²) in [6.45, 7) is 2.33. The Bertz CT molecular complexity index is 803. The van der Waals surface area contributed by atoms with Crippen LogP contribution in [0.5, 0.6) is 0 Å². The average Bonchev–Trinajstić information content (AvgIpc) is 2.94. The Balaban J connectivity index is 1.78. The fourth-order valence-electron chi connectivity index (χ4n) is 4.71. The number of H-pyrrole nitrogens is 1. The van der Waals surface area contributed by atoms with E-state index in [1.807, 2.05) is 6.08 Å². The van der Waals surface area contributed by atoms with Gasteiger partial charge in [0.1, 0.15) is 11.4 Å². The van der Waals surface area contributed by atoms with Crippen LogP contribution in [0.15, 0.2) is 23.2 Å². The number of hydrogen-bond donors (Lipinski definition) is 1. The summed E-state index contributed by atoms with van der Waals surface area (Å²) in [5.74, 6) is 2.01. The Kier molecular flexibility index (Phi) is 2.40. The standard InChI is InChI=1S/C18H19N3O/c22-11-19-18(7-2-8-18)14-4-1-3-13-15-12-5-9-21(10-6-12)17(15)20-16(13)14/h1,3-4,12,20H,2,5-10H2. The van der Waals surface area contributed by atoms with E-state index < -0.39 is 0 Å². The zero-order chi connectivity index (χ0) is 14.7. The largest absolute Gasteiger partial charge is 0.358 e. The molecule has 1 saturated carbocycles. The molecule has 0 amide bonds. The minimum Gasteiger partial charge on any atom is -0.358 e. The van der Waals surface area contributed by atoms with E-state index in [-0.39, 0.29) is 5.54 Å². The number of isocyanates is 1. The van der Waals surface area contributed by atoms with Crippen LogP contribution < -0.4 is 4.90 Å². The first kappa shape index (κ1) is 12.5. The number of piperidine rings is 1. The number of aliphatic imine (C=N–C) groups is 1. The number of fused-ring (bicyclic) bond motifs is 3. The van der Waals surface area contributed by atoms with Gasteiger partial charge < -0.3 is 9.88 Å². The number of nitrogens with one attached hydrogen (secondary N) is 1. The molecule has 1 N–H and O–H groups in total. The molecule has 1 aromatic carbocycles. The van der Waals surface area contributed by atoms with E-state index in [1.54, 1.807) is 0 Å². The molecule has 22 heavy (non-hydrogen) atoms. The lowest BCUT2D eigenvalue weighted by Gasteiger charge is -2.40. The van der Waals surface area contributed by atoms with E-state index in [4.69, 9.17) is 0 Å². The van der Waals surface area contributed by atoms with E-state index in [0.717, 1.165) is 32.4 Å². The molecule has 0 radical (unpaired) electrons. The summed E-state index contributed by atoms with van der Waals surface area (Å²) in [7, 11) is 0. The fourth-order valence-corrected chi connectivity index (χ4v) is 4.71. The molecule has 4 heteroatoms. The molecule has 0 spiro atoms. The molecule has 1 aromatic heterocycles. The van der Waals surface area contributed by atoms with Gasteiger partial charge in [-0.25, -0.2) is 4.79 Å². The van der Waals surface area contributed by atoms with Gasteiger partial charge >= 0.3 is 0 Å². The third-order valence-electron chi connectivity index (χ3n) is 6.01. The maximum Gasteiger partial charge on any atom is 0.235 e. The Morgan fingerprint density at radius 1 is 1.27 bits per heavy atom. The van der Waals surface area contributed by atoms with Crippen molar-refractivity contribution in [1.29, 1.82) is 0 Å². The highest BCUT2D eigenvalue weighted by atomic mass is 16.1. The molecule has 0 unspecified atom stereocenters. The normalized spacial score (nSPS) is 22.3. The molecule has 4 aliphatic rings. The van der Waals surface area contributed by atoms with Crippen LogP contribution in [0.2, 0.25) is 0 Å². The van der Waals surface area contributed by atoms with Crippen LogP contribution in [0.4, 0.5) is 5.82 Å². The molecule has 6 rings (SSSR count). The number of para-hydroxylation sites is 1. The Hall–Kier alpha value is -2.06. The highest BCUT2D eigenvalue weighted by Gasteiger charge is 2.42. The van der Waals surface area contributed by atoms with Crippen LogP contribution in [0, 0.1) is 0 Å². The lowest BCUT2D eigenvalue weighted by molar-refractivity contribution is 0.258. The molecule has 2 aromatic rings. The lowest BCUT2D eigenvalue weighted by Crippen LogP contribution is -2.38. The van der Waals surface area contributed by atoms with Crippen molar-refractivity contribution in [1.82, 2.24) is 4.98 Å². The minimum atomic E-state index is -0.330. The van der Waals surface area contributed by atoms with Crippen molar-refractivity contribution in [2.75, 3.05) is 18.0 Å². The number of aromatic nitrogens is 1. The highest BCUT2D eigenvalue weighted by Crippen LogP contribution is 2.51. The first-order valence-corrected chi connectivity index (χ1v) is 8.31. The first-order chi connectivity index (χ1) is 10.8. The molecule has 1 saturated heterocycles. The Labute approximate surface area is 129 Å². The monoisotopic (exact) mass is 293 g/mol. The van der Waals surface area contributed by atoms with Gasteiger partial charge in [-0.3, -0.25) is 0 Å². The van der Waals surface area contributed by atoms with Crippen LogP contribution in [0.3, 0.4) is 0 Å². The van der Waals surface area contributed by atoms with Gasteiger partial charge in [-0.1, -0.05) is 18.2 Å². The molecule has 112 valence electrons. The second kappa shape index (κ2) is 4.23. The number of rotatable bonds is 2. The predicted octanol–water partition coefficient (Wildman–Crippen LogP) is 3.58. The average molecular weight is 293 g/mol. The highest BCUT2D eigenvalue weighted by molar-refractivity contribution is 5.93. The third-order valence-corrected chi connectivity index (χ3v) is 6.01. The summed E-state index contributed by atoms with van der Waals surface area (Å²) in [6.07, 6.45) is 7.40. The van der Waals surface area contributed by atoms with Crippen molar-refractivity contribution in [2.45, 2.75) is 43.6 Å². The smallest absolute Gasteiger partial charge is 0.235 e. The van der Waals surface area contributed by atoms with Crippen molar-refractivity contribution in [3.63, 3.8) is 0 Å². The Morgan fingerprint density at radius 2 is 2.09 bits per heavy atom. The van der Waals surface area contributed by atoms with Crippen LogP contribution in [-0.2, 0) is 10.3 Å². The molecule has 3 aliphatic heterocycles.